The molecule has 1 aliphatic heterocycles. The first-order chi connectivity index (χ1) is 10.0. The zero-order valence-corrected chi connectivity index (χ0v) is 14.0. The summed E-state index contributed by atoms with van der Waals surface area (Å²) in [6.07, 6.45) is 3.90. The van der Waals surface area contributed by atoms with Crippen LogP contribution in [-0.4, -0.2) is 37.2 Å². The SMILES string of the molecule is CC.C[C@H]1CCCN1C.Cc1ccc(C=O)cc1.NC=O. The first-order valence-corrected chi connectivity index (χ1v) is 7.42. The molecular weight excluding hydrogens is 264 g/mol. The minimum absolute atomic E-state index is 0.250. The van der Waals surface area contributed by atoms with Crippen molar-refractivity contribution in [2.24, 2.45) is 5.73 Å². The van der Waals surface area contributed by atoms with Gasteiger partial charge in [0.25, 0.3) is 0 Å². The minimum atomic E-state index is 0.250. The molecule has 4 nitrogen and oxygen atoms in total. The second-order valence-electron chi connectivity index (χ2n) is 4.64. The molecule has 1 aromatic rings. The molecule has 0 saturated carbocycles. The summed E-state index contributed by atoms with van der Waals surface area (Å²) in [5.41, 5.74) is 6.08. The number of likely N-dealkylation sites (tertiary alicyclic amines) is 1. The van der Waals surface area contributed by atoms with Gasteiger partial charge in [0, 0.05) is 11.6 Å². The number of aldehydes is 1. The molecule has 0 radical (unpaired) electrons. The molecule has 2 N–H and O–H groups in total. The Morgan fingerprint density at radius 3 is 1.90 bits per heavy atom. The number of benzene rings is 1. The highest BCUT2D eigenvalue weighted by Gasteiger charge is 2.14. The van der Waals surface area contributed by atoms with Crippen molar-refractivity contribution in [2.45, 2.75) is 46.6 Å². The molecule has 1 amide bonds. The molecule has 4 heteroatoms. The lowest BCUT2D eigenvalue weighted by Gasteiger charge is -2.12. The number of carbonyl (C=O) groups is 2. The number of primary amides is 1. The van der Waals surface area contributed by atoms with Crippen molar-refractivity contribution in [1.82, 2.24) is 4.90 Å². The molecule has 1 heterocycles. The third kappa shape index (κ3) is 11.8. The number of nitrogens with zero attached hydrogens (tertiary/aromatic N) is 1. The van der Waals surface area contributed by atoms with Gasteiger partial charge in [-0.3, -0.25) is 9.59 Å². The molecular formula is C17H30N2O2. The van der Waals surface area contributed by atoms with E-state index in [1.54, 1.807) is 0 Å². The van der Waals surface area contributed by atoms with Crippen LogP contribution in [0.3, 0.4) is 0 Å². The molecule has 0 aromatic heterocycles. The third-order valence-corrected chi connectivity index (χ3v) is 3.10. The van der Waals surface area contributed by atoms with Crippen molar-refractivity contribution in [3.8, 4) is 0 Å². The van der Waals surface area contributed by atoms with Crippen molar-refractivity contribution in [1.29, 1.82) is 0 Å². The van der Waals surface area contributed by atoms with Crippen molar-refractivity contribution >= 4 is 12.7 Å². The van der Waals surface area contributed by atoms with E-state index in [0.29, 0.717) is 0 Å². The monoisotopic (exact) mass is 294 g/mol. The average Bonchev–Trinajstić information content (AvgIpc) is 2.87. The zero-order chi connectivity index (χ0) is 16.7. The Morgan fingerprint density at radius 2 is 1.67 bits per heavy atom. The Kier molecular flexibility index (Phi) is 15.2. The van der Waals surface area contributed by atoms with Crippen LogP contribution in [0.2, 0.25) is 0 Å². The van der Waals surface area contributed by atoms with Crippen LogP contribution in [0.15, 0.2) is 24.3 Å². The second kappa shape index (κ2) is 14.7. The van der Waals surface area contributed by atoms with Gasteiger partial charge in [-0.15, -0.1) is 0 Å². The molecule has 2 rings (SSSR count). The summed E-state index contributed by atoms with van der Waals surface area (Å²) in [6.45, 7) is 9.59. The van der Waals surface area contributed by atoms with E-state index in [1.165, 1.54) is 24.9 Å². The molecule has 1 atom stereocenters. The Labute approximate surface area is 129 Å². The maximum Gasteiger partial charge on any atom is 0.204 e. The fourth-order valence-electron chi connectivity index (χ4n) is 1.72. The smallest absolute Gasteiger partial charge is 0.204 e. The van der Waals surface area contributed by atoms with Gasteiger partial charge in [-0.05, 0) is 40.3 Å². The molecule has 1 aromatic carbocycles. The van der Waals surface area contributed by atoms with Gasteiger partial charge in [0.15, 0.2) is 0 Å². The topological polar surface area (TPSA) is 63.4 Å². The van der Waals surface area contributed by atoms with Crippen LogP contribution in [0, 0.1) is 6.92 Å². The highest BCUT2D eigenvalue weighted by atomic mass is 16.1. The number of amides is 1. The van der Waals surface area contributed by atoms with E-state index in [-0.39, 0.29) is 6.41 Å². The summed E-state index contributed by atoms with van der Waals surface area (Å²) >= 11 is 0. The number of hydrogen-bond donors (Lipinski definition) is 1. The van der Waals surface area contributed by atoms with E-state index >= 15 is 0 Å². The van der Waals surface area contributed by atoms with Crippen molar-refractivity contribution in [2.75, 3.05) is 13.6 Å². The van der Waals surface area contributed by atoms with E-state index in [1.807, 2.05) is 45.0 Å². The van der Waals surface area contributed by atoms with E-state index in [4.69, 9.17) is 4.79 Å². The van der Waals surface area contributed by atoms with Crippen LogP contribution in [-0.2, 0) is 4.79 Å². The standard InChI is InChI=1S/C8H8O.C6H13N.C2H6.CH3NO/c1-7-2-4-8(6-9)5-3-7;1-6-4-3-5-7(6)2;1-2;2-1-3/h2-6H,1H3;6H,3-5H2,1-2H3;1-2H3;1H,(H2,2,3)/t;6-;;/m.0../s1. The van der Waals surface area contributed by atoms with Gasteiger partial charge in [0.05, 0.1) is 0 Å². The van der Waals surface area contributed by atoms with Gasteiger partial charge in [-0.25, -0.2) is 0 Å². The largest absolute Gasteiger partial charge is 0.372 e. The number of aryl methyl sites for hydroxylation is 1. The van der Waals surface area contributed by atoms with Gasteiger partial charge in [0.2, 0.25) is 6.41 Å². The molecule has 0 bridgehead atoms. The molecule has 0 aliphatic carbocycles. The number of nitrogens with two attached hydrogens (primary N) is 1. The van der Waals surface area contributed by atoms with E-state index in [0.717, 1.165) is 17.9 Å². The van der Waals surface area contributed by atoms with Crippen molar-refractivity contribution < 1.29 is 9.59 Å². The molecule has 1 aliphatic rings. The number of rotatable bonds is 1. The van der Waals surface area contributed by atoms with Crippen LogP contribution < -0.4 is 5.73 Å². The molecule has 120 valence electrons. The minimum Gasteiger partial charge on any atom is -0.372 e. The van der Waals surface area contributed by atoms with Crippen LogP contribution in [0.25, 0.3) is 0 Å². The Morgan fingerprint density at radius 1 is 1.19 bits per heavy atom. The molecule has 0 unspecified atom stereocenters. The fraction of sp³-hybridized carbons (Fsp3) is 0.529. The summed E-state index contributed by atoms with van der Waals surface area (Å²) in [5.74, 6) is 0. The van der Waals surface area contributed by atoms with Gasteiger partial charge >= 0.3 is 0 Å². The normalized spacial score (nSPS) is 16.1. The quantitative estimate of drug-likeness (QED) is 0.810. The Balaban J connectivity index is 0. The summed E-state index contributed by atoms with van der Waals surface area (Å²) in [6, 6.07) is 8.30. The Bertz CT molecular complexity index is 356. The van der Waals surface area contributed by atoms with Gasteiger partial charge in [-0.1, -0.05) is 43.7 Å². The highest BCUT2D eigenvalue weighted by molar-refractivity contribution is 5.74. The molecule has 21 heavy (non-hydrogen) atoms. The second-order valence-corrected chi connectivity index (χ2v) is 4.64. The van der Waals surface area contributed by atoms with E-state index in [2.05, 4.69) is 24.6 Å². The first kappa shape index (κ1) is 21.6. The fourth-order valence-corrected chi connectivity index (χ4v) is 1.72. The summed E-state index contributed by atoms with van der Waals surface area (Å²) in [7, 11) is 2.19. The van der Waals surface area contributed by atoms with Gasteiger partial charge < -0.3 is 10.6 Å². The number of carbonyl (C=O) groups excluding carboxylic acids is 2. The lowest BCUT2D eigenvalue weighted by Crippen LogP contribution is -2.20. The van der Waals surface area contributed by atoms with Gasteiger partial charge in [-0.2, -0.15) is 0 Å². The van der Waals surface area contributed by atoms with E-state index in [9.17, 15) is 4.79 Å². The van der Waals surface area contributed by atoms with Crippen LogP contribution in [0.1, 0.15) is 49.5 Å². The summed E-state index contributed by atoms with van der Waals surface area (Å²) < 4.78 is 0. The van der Waals surface area contributed by atoms with E-state index < -0.39 is 0 Å². The summed E-state index contributed by atoms with van der Waals surface area (Å²) in [4.78, 5) is 21.1. The molecule has 0 spiro atoms. The van der Waals surface area contributed by atoms with Crippen LogP contribution in [0.5, 0.6) is 0 Å². The van der Waals surface area contributed by atoms with Crippen molar-refractivity contribution in [3.05, 3.63) is 35.4 Å². The lowest BCUT2D eigenvalue weighted by molar-refractivity contribution is -0.106. The number of hydrogen-bond acceptors (Lipinski definition) is 3. The van der Waals surface area contributed by atoms with Crippen LogP contribution >= 0.6 is 0 Å². The van der Waals surface area contributed by atoms with Crippen LogP contribution in [0.4, 0.5) is 0 Å². The Hall–Kier alpha value is -1.68. The summed E-state index contributed by atoms with van der Waals surface area (Å²) in [5, 5.41) is 0. The maximum absolute atomic E-state index is 10.1. The predicted octanol–water partition coefficient (Wildman–Crippen LogP) is 3.04. The third-order valence-electron chi connectivity index (χ3n) is 3.10. The predicted molar refractivity (Wildman–Crippen MR) is 89.5 cm³/mol. The molecule has 1 fully saturated rings. The zero-order valence-electron chi connectivity index (χ0n) is 14.0. The van der Waals surface area contributed by atoms with Crippen molar-refractivity contribution in [3.63, 3.8) is 0 Å². The first-order valence-electron chi connectivity index (χ1n) is 7.42. The highest BCUT2D eigenvalue weighted by Crippen LogP contribution is 2.12. The van der Waals surface area contributed by atoms with Gasteiger partial charge in [0.1, 0.15) is 6.29 Å². The maximum atomic E-state index is 10.1. The average molecular weight is 294 g/mol. The molecule has 1 saturated heterocycles. The lowest BCUT2D eigenvalue weighted by atomic mass is 10.2.